The van der Waals surface area contributed by atoms with E-state index in [2.05, 4.69) is 13.8 Å². The first-order chi connectivity index (χ1) is 6.51. The van der Waals surface area contributed by atoms with Crippen LogP contribution in [-0.2, 0) is 4.79 Å². The lowest BCUT2D eigenvalue weighted by molar-refractivity contribution is -0.138. The molecule has 2 rings (SSSR count). The van der Waals surface area contributed by atoms with Gasteiger partial charge in [-0.25, -0.2) is 0 Å². The fourth-order valence-corrected chi connectivity index (χ4v) is 2.35. The van der Waals surface area contributed by atoms with Gasteiger partial charge in [0.2, 0.25) is 5.91 Å². The third-order valence-electron chi connectivity index (χ3n) is 3.50. The van der Waals surface area contributed by atoms with E-state index in [0.717, 1.165) is 32.4 Å². The van der Waals surface area contributed by atoms with Crippen LogP contribution in [0.4, 0.5) is 0 Å². The molecule has 0 aromatic carbocycles. The minimum Gasteiger partial charge on any atom is -0.340 e. The third kappa shape index (κ3) is 1.78. The van der Waals surface area contributed by atoms with E-state index in [-0.39, 0.29) is 11.5 Å². The molecule has 0 radical (unpaired) electrons. The van der Waals surface area contributed by atoms with E-state index >= 15 is 0 Å². The van der Waals surface area contributed by atoms with Gasteiger partial charge in [-0.15, -0.1) is 0 Å². The maximum absolute atomic E-state index is 12.0. The van der Waals surface area contributed by atoms with Gasteiger partial charge in [0.25, 0.3) is 0 Å². The number of nitrogens with two attached hydrogens (primary N) is 1. The molecule has 2 N–H and O–H groups in total. The number of carbonyl (C=O) groups is 1. The highest BCUT2D eigenvalue weighted by molar-refractivity contribution is 5.85. The Balaban J connectivity index is 2.00. The van der Waals surface area contributed by atoms with E-state index in [1.54, 1.807) is 0 Å². The van der Waals surface area contributed by atoms with Crippen LogP contribution in [0.25, 0.3) is 0 Å². The number of amides is 1. The molecule has 0 bridgehead atoms. The van der Waals surface area contributed by atoms with Gasteiger partial charge in [-0.1, -0.05) is 13.8 Å². The molecule has 2 atom stereocenters. The molecule has 1 saturated carbocycles. The molecule has 3 heteroatoms. The third-order valence-corrected chi connectivity index (χ3v) is 3.50. The molecule has 1 saturated heterocycles. The van der Waals surface area contributed by atoms with E-state index in [9.17, 15) is 4.79 Å². The minimum atomic E-state index is -0.0310. The topological polar surface area (TPSA) is 46.3 Å². The number of nitrogens with zero attached hydrogens (tertiary/aromatic N) is 1. The first kappa shape index (κ1) is 9.97. The van der Waals surface area contributed by atoms with Crippen molar-refractivity contribution in [2.75, 3.05) is 13.1 Å². The van der Waals surface area contributed by atoms with Crippen LogP contribution in [0.15, 0.2) is 0 Å². The molecule has 1 aliphatic carbocycles. The molecule has 3 nitrogen and oxygen atoms in total. The van der Waals surface area contributed by atoms with E-state index < -0.39 is 0 Å². The summed E-state index contributed by atoms with van der Waals surface area (Å²) in [5.41, 5.74) is 5.89. The van der Waals surface area contributed by atoms with Crippen molar-refractivity contribution < 1.29 is 4.79 Å². The number of hydrogen-bond acceptors (Lipinski definition) is 2. The van der Waals surface area contributed by atoms with E-state index in [0.29, 0.717) is 11.8 Å². The zero-order valence-electron chi connectivity index (χ0n) is 9.12. The SMILES string of the molecule is CC1CC(N)CN(C(=O)C2(C)CC2)C1. The smallest absolute Gasteiger partial charge is 0.228 e. The predicted molar refractivity (Wildman–Crippen MR) is 55.7 cm³/mol. The summed E-state index contributed by atoms with van der Waals surface area (Å²) in [6.07, 6.45) is 3.18. The number of piperidine rings is 1. The van der Waals surface area contributed by atoms with Crippen LogP contribution in [0.2, 0.25) is 0 Å². The summed E-state index contributed by atoms with van der Waals surface area (Å²) < 4.78 is 0. The first-order valence-corrected chi connectivity index (χ1v) is 5.56. The summed E-state index contributed by atoms with van der Waals surface area (Å²) in [5, 5.41) is 0. The quantitative estimate of drug-likeness (QED) is 0.679. The predicted octanol–water partition coefficient (Wildman–Crippen LogP) is 0.982. The molecule has 2 unspecified atom stereocenters. The maximum Gasteiger partial charge on any atom is 0.228 e. The minimum absolute atomic E-state index is 0.0310. The summed E-state index contributed by atoms with van der Waals surface area (Å²) in [5.74, 6) is 0.893. The van der Waals surface area contributed by atoms with Gasteiger partial charge in [0.1, 0.15) is 0 Å². The molecule has 1 aliphatic heterocycles. The molecule has 80 valence electrons. The van der Waals surface area contributed by atoms with Gasteiger partial charge in [0, 0.05) is 24.5 Å². The average Bonchev–Trinajstić information content (AvgIpc) is 2.82. The van der Waals surface area contributed by atoms with Crippen LogP contribution in [0, 0.1) is 11.3 Å². The molecule has 2 aliphatic rings. The summed E-state index contributed by atoms with van der Waals surface area (Å²) in [4.78, 5) is 14.0. The zero-order chi connectivity index (χ0) is 10.3. The lowest BCUT2D eigenvalue weighted by Gasteiger charge is -2.36. The molecule has 1 heterocycles. The van der Waals surface area contributed by atoms with Crippen LogP contribution < -0.4 is 5.73 Å². The monoisotopic (exact) mass is 196 g/mol. The molecule has 0 aromatic rings. The van der Waals surface area contributed by atoms with Crippen molar-refractivity contribution in [3.05, 3.63) is 0 Å². The van der Waals surface area contributed by atoms with Gasteiger partial charge in [-0.3, -0.25) is 4.79 Å². The van der Waals surface area contributed by atoms with Crippen molar-refractivity contribution in [3.63, 3.8) is 0 Å². The Morgan fingerprint density at radius 1 is 1.43 bits per heavy atom. The van der Waals surface area contributed by atoms with Gasteiger partial charge in [0.05, 0.1) is 0 Å². The Morgan fingerprint density at radius 2 is 2.07 bits per heavy atom. The van der Waals surface area contributed by atoms with Gasteiger partial charge in [-0.05, 0) is 25.2 Å². The molecular formula is C11H20N2O. The number of rotatable bonds is 1. The fourth-order valence-electron chi connectivity index (χ4n) is 2.35. The van der Waals surface area contributed by atoms with Gasteiger partial charge in [0.15, 0.2) is 0 Å². The summed E-state index contributed by atoms with van der Waals surface area (Å²) in [7, 11) is 0. The Morgan fingerprint density at radius 3 is 2.57 bits per heavy atom. The molecule has 1 amide bonds. The first-order valence-electron chi connectivity index (χ1n) is 5.56. The summed E-state index contributed by atoms with van der Waals surface area (Å²) in [6.45, 7) is 5.91. The zero-order valence-corrected chi connectivity index (χ0v) is 9.12. The Kier molecular flexibility index (Phi) is 2.30. The van der Waals surface area contributed by atoms with Crippen LogP contribution >= 0.6 is 0 Å². The van der Waals surface area contributed by atoms with Crippen LogP contribution in [0.1, 0.15) is 33.1 Å². The lowest BCUT2D eigenvalue weighted by atomic mass is 9.95. The summed E-state index contributed by atoms with van der Waals surface area (Å²) in [6, 6.07) is 0.185. The largest absolute Gasteiger partial charge is 0.340 e. The molecule has 0 aromatic heterocycles. The number of hydrogen-bond donors (Lipinski definition) is 1. The molecular weight excluding hydrogens is 176 g/mol. The second-order valence-corrected chi connectivity index (χ2v) is 5.37. The highest BCUT2D eigenvalue weighted by Crippen LogP contribution is 2.46. The van der Waals surface area contributed by atoms with E-state index in [1.165, 1.54) is 0 Å². The molecule has 14 heavy (non-hydrogen) atoms. The normalized spacial score (nSPS) is 35.5. The standard InChI is InChI=1S/C11H20N2O/c1-8-5-9(12)7-13(6-8)10(14)11(2)3-4-11/h8-9H,3-7,12H2,1-2H3. The van der Waals surface area contributed by atoms with Crippen LogP contribution in [-0.4, -0.2) is 29.9 Å². The Bertz CT molecular complexity index is 238. The Labute approximate surface area is 85.6 Å². The highest BCUT2D eigenvalue weighted by atomic mass is 16.2. The van der Waals surface area contributed by atoms with Crippen molar-refractivity contribution in [2.45, 2.75) is 39.2 Å². The van der Waals surface area contributed by atoms with Crippen molar-refractivity contribution in [2.24, 2.45) is 17.1 Å². The van der Waals surface area contributed by atoms with E-state index in [4.69, 9.17) is 5.73 Å². The Hall–Kier alpha value is -0.570. The fraction of sp³-hybridized carbons (Fsp3) is 0.909. The summed E-state index contributed by atoms with van der Waals surface area (Å²) >= 11 is 0. The number of carbonyl (C=O) groups excluding carboxylic acids is 1. The lowest BCUT2D eigenvalue weighted by Crippen LogP contribution is -2.50. The van der Waals surface area contributed by atoms with E-state index in [1.807, 2.05) is 4.90 Å². The van der Waals surface area contributed by atoms with Crippen molar-refractivity contribution in [1.29, 1.82) is 0 Å². The van der Waals surface area contributed by atoms with Gasteiger partial charge in [-0.2, -0.15) is 0 Å². The van der Waals surface area contributed by atoms with Crippen molar-refractivity contribution in [1.82, 2.24) is 4.90 Å². The molecule has 0 spiro atoms. The average molecular weight is 196 g/mol. The number of likely N-dealkylation sites (tertiary alicyclic amines) is 1. The van der Waals surface area contributed by atoms with Crippen molar-refractivity contribution in [3.8, 4) is 0 Å². The van der Waals surface area contributed by atoms with Crippen LogP contribution in [0.5, 0.6) is 0 Å². The molecule has 2 fully saturated rings. The second-order valence-electron chi connectivity index (χ2n) is 5.37. The van der Waals surface area contributed by atoms with Gasteiger partial charge < -0.3 is 10.6 Å². The van der Waals surface area contributed by atoms with Crippen molar-refractivity contribution >= 4 is 5.91 Å². The maximum atomic E-state index is 12.0. The van der Waals surface area contributed by atoms with Crippen LogP contribution in [0.3, 0.4) is 0 Å². The highest BCUT2D eigenvalue weighted by Gasteiger charge is 2.47. The second kappa shape index (κ2) is 3.23. The van der Waals surface area contributed by atoms with Gasteiger partial charge >= 0.3 is 0 Å².